The van der Waals surface area contributed by atoms with Crippen LogP contribution in [0.15, 0.2) is 0 Å². The second-order valence-corrected chi connectivity index (χ2v) is 5.63. The van der Waals surface area contributed by atoms with Gasteiger partial charge in [-0.2, -0.15) is 0 Å². The van der Waals surface area contributed by atoms with Crippen LogP contribution in [0.5, 0.6) is 0 Å². The second-order valence-electron chi connectivity index (χ2n) is 5.63. The molecule has 3 heteroatoms. The molecular formula is C14H27BO2. The van der Waals surface area contributed by atoms with Crippen molar-refractivity contribution in [2.45, 2.75) is 89.7 Å². The third-order valence-corrected chi connectivity index (χ3v) is 4.13. The van der Waals surface area contributed by atoms with E-state index in [0.29, 0.717) is 12.2 Å². The topological polar surface area (TPSA) is 18.5 Å². The zero-order valence-corrected chi connectivity index (χ0v) is 11.3. The van der Waals surface area contributed by atoms with Crippen LogP contribution in [-0.4, -0.2) is 19.3 Å². The first-order valence-electron chi connectivity index (χ1n) is 7.69. The predicted molar refractivity (Wildman–Crippen MR) is 72.2 cm³/mol. The highest BCUT2D eigenvalue weighted by Gasteiger charge is 2.26. The van der Waals surface area contributed by atoms with Crippen molar-refractivity contribution in [3.8, 4) is 0 Å². The lowest BCUT2D eigenvalue weighted by Gasteiger charge is -2.29. The van der Waals surface area contributed by atoms with Crippen molar-refractivity contribution in [3.63, 3.8) is 0 Å². The Morgan fingerprint density at radius 2 is 1.18 bits per heavy atom. The van der Waals surface area contributed by atoms with E-state index in [1.165, 1.54) is 64.2 Å². The summed E-state index contributed by atoms with van der Waals surface area (Å²) in [5.41, 5.74) is 0. The molecule has 98 valence electrons. The zero-order chi connectivity index (χ0) is 11.9. The molecule has 2 aliphatic carbocycles. The van der Waals surface area contributed by atoms with E-state index in [1.54, 1.807) is 0 Å². The van der Waals surface area contributed by atoms with E-state index in [2.05, 4.69) is 6.92 Å². The van der Waals surface area contributed by atoms with Gasteiger partial charge in [-0.3, -0.25) is 0 Å². The van der Waals surface area contributed by atoms with Gasteiger partial charge in [-0.25, -0.2) is 0 Å². The highest BCUT2D eigenvalue weighted by molar-refractivity contribution is 6.44. The van der Waals surface area contributed by atoms with Crippen molar-refractivity contribution >= 4 is 7.12 Å². The predicted octanol–water partition coefficient (Wildman–Crippen LogP) is 4.19. The molecule has 0 aromatic rings. The fourth-order valence-corrected chi connectivity index (χ4v) is 3.06. The van der Waals surface area contributed by atoms with Crippen LogP contribution < -0.4 is 0 Å². The van der Waals surface area contributed by atoms with Gasteiger partial charge in [-0.05, 0) is 32.0 Å². The van der Waals surface area contributed by atoms with Gasteiger partial charge in [-0.1, -0.05) is 45.4 Å². The van der Waals surface area contributed by atoms with Crippen LogP contribution in [0.1, 0.15) is 71.1 Å². The second kappa shape index (κ2) is 7.43. The molecule has 0 aromatic heterocycles. The lowest BCUT2D eigenvalue weighted by molar-refractivity contribution is 0.0663. The Bertz CT molecular complexity index is 178. The van der Waals surface area contributed by atoms with Gasteiger partial charge < -0.3 is 9.31 Å². The molecule has 2 rings (SSSR count). The van der Waals surface area contributed by atoms with Gasteiger partial charge in [0.1, 0.15) is 0 Å². The number of hydrogen-bond acceptors (Lipinski definition) is 2. The smallest absolute Gasteiger partial charge is 0.408 e. The van der Waals surface area contributed by atoms with E-state index in [-0.39, 0.29) is 7.12 Å². The summed E-state index contributed by atoms with van der Waals surface area (Å²) < 4.78 is 12.2. The fraction of sp³-hybridized carbons (Fsp3) is 1.00. The molecule has 0 heterocycles. The molecule has 2 nitrogen and oxygen atoms in total. The first-order valence-corrected chi connectivity index (χ1v) is 7.69. The van der Waals surface area contributed by atoms with Crippen LogP contribution in [0.4, 0.5) is 0 Å². The quantitative estimate of drug-likeness (QED) is 0.668. The van der Waals surface area contributed by atoms with Gasteiger partial charge in [0, 0.05) is 12.2 Å². The lowest BCUT2D eigenvalue weighted by atomic mass is 9.82. The summed E-state index contributed by atoms with van der Waals surface area (Å²) in [6.45, 7) is 2.18. The molecule has 0 N–H and O–H groups in total. The van der Waals surface area contributed by atoms with Gasteiger partial charge in [-0.15, -0.1) is 0 Å². The summed E-state index contributed by atoms with van der Waals surface area (Å²) in [7, 11) is 0.0567. The van der Waals surface area contributed by atoms with Crippen molar-refractivity contribution in [3.05, 3.63) is 0 Å². The maximum absolute atomic E-state index is 6.12. The number of hydrogen-bond donors (Lipinski definition) is 0. The Balaban J connectivity index is 1.71. The van der Waals surface area contributed by atoms with Gasteiger partial charge in [0.05, 0.1) is 0 Å². The van der Waals surface area contributed by atoms with Crippen molar-refractivity contribution < 1.29 is 9.31 Å². The molecule has 17 heavy (non-hydrogen) atoms. The summed E-state index contributed by atoms with van der Waals surface area (Å²) >= 11 is 0. The first-order chi connectivity index (χ1) is 8.38. The third kappa shape index (κ3) is 4.63. The molecule has 0 atom stereocenters. The highest BCUT2D eigenvalue weighted by atomic mass is 16.6. The lowest BCUT2D eigenvalue weighted by Crippen LogP contribution is -2.34. The normalized spacial score (nSPS) is 23.8. The van der Waals surface area contributed by atoms with Crippen LogP contribution in [0.3, 0.4) is 0 Å². The van der Waals surface area contributed by atoms with Gasteiger partial charge in [0.25, 0.3) is 0 Å². The minimum absolute atomic E-state index is 0.0567. The SMILES string of the molecule is CCB(OC1CCCCC1)OC1CCCCC1. The Labute approximate surface area is 107 Å². The van der Waals surface area contributed by atoms with E-state index in [4.69, 9.17) is 9.31 Å². The minimum atomic E-state index is 0.0567. The minimum Gasteiger partial charge on any atom is -0.408 e. The molecule has 0 saturated heterocycles. The van der Waals surface area contributed by atoms with E-state index in [0.717, 1.165) is 6.32 Å². The van der Waals surface area contributed by atoms with Gasteiger partial charge in [0.15, 0.2) is 0 Å². The first kappa shape index (κ1) is 13.4. The van der Waals surface area contributed by atoms with E-state index >= 15 is 0 Å². The fourth-order valence-electron chi connectivity index (χ4n) is 3.06. The van der Waals surface area contributed by atoms with Crippen LogP contribution in [-0.2, 0) is 9.31 Å². The van der Waals surface area contributed by atoms with Crippen LogP contribution >= 0.6 is 0 Å². The Morgan fingerprint density at radius 1 is 0.765 bits per heavy atom. The molecule has 0 aliphatic heterocycles. The van der Waals surface area contributed by atoms with E-state index in [1.807, 2.05) is 0 Å². The highest BCUT2D eigenvalue weighted by Crippen LogP contribution is 2.25. The molecule has 0 aromatic carbocycles. The average molecular weight is 238 g/mol. The Morgan fingerprint density at radius 3 is 1.53 bits per heavy atom. The van der Waals surface area contributed by atoms with Crippen LogP contribution in [0, 0.1) is 0 Å². The standard InChI is InChI=1S/C14H27BO2/c1-2-15(16-13-9-5-3-6-10-13)17-14-11-7-4-8-12-14/h13-14H,2-12H2,1H3. The maximum atomic E-state index is 6.12. The van der Waals surface area contributed by atoms with Gasteiger partial charge >= 0.3 is 7.12 Å². The number of rotatable bonds is 5. The molecule has 2 fully saturated rings. The summed E-state index contributed by atoms with van der Waals surface area (Å²) in [4.78, 5) is 0. The van der Waals surface area contributed by atoms with Crippen molar-refractivity contribution in [1.29, 1.82) is 0 Å². The van der Waals surface area contributed by atoms with Gasteiger partial charge in [0.2, 0.25) is 0 Å². The third-order valence-electron chi connectivity index (χ3n) is 4.13. The molecule has 2 saturated carbocycles. The van der Waals surface area contributed by atoms with E-state index in [9.17, 15) is 0 Å². The summed E-state index contributed by atoms with van der Waals surface area (Å²) in [5, 5.41) is 0. The summed E-state index contributed by atoms with van der Waals surface area (Å²) in [6, 6.07) is 0. The zero-order valence-electron chi connectivity index (χ0n) is 11.3. The largest absolute Gasteiger partial charge is 0.456 e. The average Bonchev–Trinajstić information content (AvgIpc) is 2.40. The van der Waals surface area contributed by atoms with Crippen molar-refractivity contribution in [1.82, 2.24) is 0 Å². The maximum Gasteiger partial charge on any atom is 0.456 e. The summed E-state index contributed by atoms with van der Waals surface area (Å²) in [6.07, 6.45) is 15.0. The van der Waals surface area contributed by atoms with Crippen LogP contribution in [0.25, 0.3) is 0 Å². The molecule has 0 amide bonds. The molecule has 0 radical (unpaired) electrons. The Kier molecular flexibility index (Phi) is 5.86. The molecular weight excluding hydrogens is 211 g/mol. The van der Waals surface area contributed by atoms with E-state index < -0.39 is 0 Å². The molecule has 2 aliphatic rings. The monoisotopic (exact) mass is 238 g/mol. The van der Waals surface area contributed by atoms with Crippen molar-refractivity contribution in [2.75, 3.05) is 0 Å². The van der Waals surface area contributed by atoms with Crippen molar-refractivity contribution in [2.24, 2.45) is 0 Å². The molecule has 0 unspecified atom stereocenters. The van der Waals surface area contributed by atoms with Crippen LogP contribution in [0.2, 0.25) is 6.32 Å². The molecule has 0 bridgehead atoms. The Hall–Kier alpha value is -0.0151. The summed E-state index contributed by atoms with van der Waals surface area (Å²) in [5.74, 6) is 0. The molecule has 0 spiro atoms.